The molecule has 1 aromatic heterocycles. The number of benzene rings is 1. The van der Waals surface area contributed by atoms with Gasteiger partial charge in [0.05, 0.1) is 5.52 Å². The number of amides is 1. The average Bonchev–Trinajstić information content (AvgIpc) is 2.71. The van der Waals surface area contributed by atoms with E-state index >= 15 is 0 Å². The maximum atomic E-state index is 11.9. The van der Waals surface area contributed by atoms with Gasteiger partial charge in [-0.2, -0.15) is 0 Å². The molecule has 0 aliphatic carbocycles. The highest BCUT2D eigenvalue weighted by atomic mass is 16.2. The third-order valence-electron chi connectivity index (χ3n) is 3.65. The molecule has 1 aliphatic rings. The van der Waals surface area contributed by atoms with Gasteiger partial charge >= 0.3 is 0 Å². The Balaban J connectivity index is 2.46. The summed E-state index contributed by atoms with van der Waals surface area (Å²) in [7, 11) is 0. The SMILES string of the molecule is Cc1ccc(C)c2c1cc1n2[C@H](C)CNC1=O. The number of carbonyl (C=O) groups is 1. The molecule has 88 valence electrons. The maximum absolute atomic E-state index is 11.9. The first-order valence-corrected chi connectivity index (χ1v) is 5.99. The highest BCUT2D eigenvalue weighted by molar-refractivity contribution is 6.01. The number of nitrogens with zero attached hydrogens (tertiary/aromatic N) is 1. The zero-order valence-corrected chi connectivity index (χ0v) is 10.4. The molecular formula is C14H16N2O. The number of rotatable bonds is 0. The van der Waals surface area contributed by atoms with Crippen LogP contribution in [0.15, 0.2) is 18.2 Å². The van der Waals surface area contributed by atoms with Crippen LogP contribution in [0.3, 0.4) is 0 Å². The number of nitrogens with one attached hydrogen (secondary N) is 1. The normalized spacial score (nSPS) is 19.2. The Morgan fingerprint density at radius 1 is 1.29 bits per heavy atom. The molecule has 1 N–H and O–H groups in total. The molecule has 0 bridgehead atoms. The molecule has 0 radical (unpaired) electrons. The first-order chi connectivity index (χ1) is 8.09. The van der Waals surface area contributed by atoms with Gasteiger partial charge in [-0.25, -0.2) is 0 Å². The Bertz CT molecular complexity index is 625. The predicted octanol–water partition coefficient (Wildman–Crippen LogP) is 2.56. The fraction of sp³-hybridized carbons (Fsp3) is 0.357. The summed E-state index contributed by atoms with van der Waals surface area (Å²) in [5, 5.41) is 4.13. The van der Waals surface area contributed by atoms with Gasteiger partial charge in [-0.1, -0.05) is 12.1 Å². The van der Waals surface area contributed by atoms with Crippen molar-refractivity contribution in [3.05, 3.63) is 35.0 Å². The molecule has 1 aliphatic heterocycles. The third kappa shape index (κ3) is 1.32. The van der Waals surface area contributed by atoms with Crippen LogP contribution in [0.5, 0.6) is 0 Å². The van der Waals surface area contributed by atoms with Crippen LogP contribution < -0.4 is 5.32 Å². The van der Waals surface area contributed by atoms with Crippen molar-refractivity contribution >= 4 is 16.8 Å². The zero-order valence-electron chi connectivity index (χ0n) is 10.4. The van der Waals surface area contributed by atoms with Gasteiger partial charge in [0.15, 0.2) is 0 Å². The van der Waals surface area contributed by atoms with Crippen molar-refractivity contribution in [3.63, 3.8) is 0 Å². The highest BCUT2D eigenvalue weighted by Crippen LogP contribution is 2.30. The van der Waals surface area contributed by atoms with E-state index in [0.29, 0.717) is 12.6 Å². The third-order valence-corrected chi connectivity index (χ3v) is 3.65. The number of fused-ring (bicyclic) bond motifs is 3. The minimum Gasteiger partial charge on any atom is -0.349 e. The standard InChI is InChI=1S/C14H16N2O/c1-8-4-5-9(2)13-11(8)6-12-14(17)15-7-10(3)16(12)13/h4-6,10H,7H2,1-3H3,(H,15,17)/t10-/m1/s1. The monoisotopic (exact) mass is 228 g/mol. The fourth-order valence-corrected chi connectivity index (χ4v) is 2.70. The van der Waals surface area contributed by atoms with Crippen LogP contribution in [-0.2, 0) is 0 Å². The molecule has 0 saturated carbocycles. The molecule has 3 heteroatoms. The number of hydrogen-bond donors (Lipinski definition) is 1. The van der Waals surface area contributed by atoms with Gasteiger partial charge < -0.3 is 9.88 Å². The van der Waals surface area contributed by atoms with Crippen LogP contribution >= 0.6 is 0 Å². The zero-order chi connectivity index (χ0) is 12.2. The van der Waals surface area contributed by atoms with E-state index in [4.69, 9.17) is 0 Å². The number of aromatic nitrogens is 1. The summed E-state index contributed by atoms with van der Waals surface area (Å²) in [6.07, 6.45) is 0. The summed E-state index contributed by atoms with van der Waals surface area (Å²) in [6.45, 7) is 7.05. The van der Waals surface area contributed by atoms with E-state index in [-0.39, 0.29) is 5.91 Å². The van der Waals surface area contributed by atoms with E-state index in [1.807, 2.05) is 6.07 Å². The number of carbonyl (C=O) groups excluding carboxylic acids is 1. The summed E-state index contributed by atoms with van der Waals surface area (Å²) in [5.74, 6) is 0.0399. The van der Waals surface area contributed by atoms with Gasteiger partial charge in [0.1, 0.15) is 5.69 Å². The summed E-state index contributed by atoms with van der Waals surface area (Å²) in [4.78, 5) is 11.9. The Morgan fingerprint density at radius 2 is 2.00 bits per heavy atom. The van der Waals surface area contributed by atoms with Crippen molar-refractivity contribution in [1.29, 1.82) is 0 Å². The topological polar surface area (TPSA) is 34.0 Å². The minimum atomic E-state index is 0.0399. The van der Waals surface area contributed by atoms with E-state index in [1.54, 1.807) is 0 Å². The molecule has 3 nitrogen and oxygen atoms in total. The smallest absolute Gasteiger partial charge is 0.268 e. The van der Waals surface area contributed by atoms with Crippen LogP contribution in [0.2, 0.25) is 0 Å². The van der Waals surface area contributed by atoms with E-state index in [2.05, 4.69) is 42.8 Å². The second kappa shape index (κ2) is 3.36. The molecule has 0 spiro atoms. The Kier molecular flexibility index (Phi) is 2.05. The molecule has 0 saturated heterocycles. The van der Waals surface area contributed by atoms with Crippen molar-refractivity contribution in [3.8, 4) is 0 Å². The molecule has 0 fully saturated rings. The highest BCUT2D eigenvalue weighted by Gasteiger charge is 2.25. The van der Waals surface area contributed by atoms with Crippen molar-refractivity contribution in [2.45, 2.75) is 26.8 Å². The summed E-state index contributed by atoms with van der Waals surface area (Å²) in [6, 6.07) is 6.58. The molecular weight excluding hydrogens is 212 g/mol. The Hall–Kier alpha value is -1.77. The van der Waals surface area contributed by atoms with Gasteiger partial charge in [-0.3, -0.25) is 4.79 Å². The summed E-state index contributed by atoms with van der Waals surface area (Å²) >= 11 is 0. The van der Waals surface area contributed by atoms with Crippen LogP contribution in [0.1, 0.15) is 34.6 Å². The fourth-order valence-electron chi connectivity index (χ4n) is 2.70. The molecule has 2 aromatic rings. The van der Waals surface area contributed by atoms with Crippen LogP contribution in [0, 0.1) is 13.8 Å². The lowest BCUT2D eigenvalue weighted by Gasteiger charge is -2.24. The second-order valence-electron chi connectivity index (χ2n) is 4.92. The quantitative estimate of drug-likeness (QED) is 0.738. The molecule has 2 heterocycles. The van der Waals surface area contributed by atoms with E-state index in [1.165, 1.54) is 22.0 Å². The largest absolute Gasteiger partial charge is 0.349 e. The Labute approximate surface area is 100 Å². The van der Waals surface area contributed by atoms with Crippen LogP contribution in [0.25, 0.3) is 10.9 Å². The van der Waals surface area contributed by atoms with Crippen molar-refractivity contribution < 1.29 is 4.79 Å². The van der Waals surface area contributed by atoms with Crippen LogP contribution in [0.4, 0.5) is 0 Å². The van der Waals surface area contributed by atoms with E-state index in [0.717, 1.165) is 5.69 Å². The van der Waals surface area contributed by atoms with Crippen molar-refractivity contribution in [2.75, 3.05) is 6.54 Å². The van der Waals surface area contributed by atoms with Gasteiger partial charge in [0.25, 0.3) is 5.91 Å². The van der Waals surface area contributed by atoms with Gasteiger partial charge in [-0.05, 0) is 38.0 Å². The van der Waals surface area contributed by atoms with E-state index in [9.17, 15) is 4.79 Å². The minimum absolute atomic E-state index is 0.0399. The molecule has 1 amide bonds. The van der Waals surface area contributed by atoms with Crippen molar-refractivity contribution in [2.24, 2.45) is 0 Å². The molecule has 17 heavy (non-hydrogen) atoms. The first kappa shape index (κ1) is 10.4. The molecule has 1 aromatic carbocycles. The van der Waals surface area contributed by atoms with Crippen molar-refractivity contribution in [1.82, 2.24) is 9.88 Å². The predicted molar refractivity (Wildman–Crippen MR) is 68.5 cm³/mol. The first-order valence-electron chi connectivity index (χ1n) is 5.99. The molecule has 1 atom stereocenters. The van der Waals surface area contributed by atoms with E-state index < -0.39 is 0 Å². The lowest BCUT2D eigenvalue weighted by atomic mass is 10.1. The second-order valence-corrected chi connectivity index (χ2v) is 4.92. The lowest BCUT2D eigenvalue weighted by molar-refractivity contribution is 0.0919. The molecule has 3 rings (SSSR count). The number of hydrogen-bond acceptors (Lipinski definition) is 1. The summed E-state index contributed by atoms with van der Waals surface area (Å²) < 4.78 is 2.18. The Morgan fingerprint density at radius 3 is 2.76 bits per heavy atom. The average molecular weight is 228 g/mol. The maximum Gasteiger partial charge on any atom is 0.268 e. The number of aryl methyl sites for hydroxylation is 2. The van der Waals surface area contributed by atoms with Crippen LogP contribution in [-0.4, -0.2) is 17.0 Å². The molecule has 0 unspecified atom stereocenters. The van der Waals surface area contributed by atoms with Gasteiger partial charge in [0, 0.05) is 18.0 Å². The van der Waals surface area contributed by atoms with Gasteiger partial charge in [0.2, 0.25) is 0 Å². The van der Waals surface area contributed by atoms with Gasteiger partial charge in [-0.15, -0.1) is 0 Å². The summed E-state index contributed by atoms with van der Waals surface area (Å²) in [5.41, 5.74) is 4.46. The lowest BCUT2D eigenvalue weighted by Crippen LogP contribution is -2.37.